The molecular weight excluding hydrogens is 543 g/mol. The third kappa shape index (κ3) is 5.93. The molecule has 1 heterocycles. The van der Waals surface area contributed by atoms with Crippen LogP contribution in [-0.4, -0.2) is 31.7 Å². The summed E-state index contributed by atoms with van der Waals surface area (Å²) < 4.78 is 29.9. The number of rotatable bonds is 8. The quantitative estimate of drug-likeness (QED) is 0.207. The minimum Gasteiger partial charge on any atom is -0.318 e. The van der Waals surface area contributed by atoms with Gasteiger partial charge in [-0.3, -0.25) is 9.10 Å². The fourth-order valence-electron chi connectivity index (χ4n) is 4.10. The summed E-state index contributed by atoms with van der Waals surface area (Å²) in [7, 11) is -3.99. The standard InChI is InChI=1S/C28H26Cl2N4O3S/c1-19-8-7-9-23(14-19)33(38(36,37)25-10-5-4-6-11-25)18-28(35)32-31-17-22-15-20(2)34(21(22)3)24-12-13-26(29)27(30)16-24/h4-17H,18H2,1-3H3,(H,32,35)/b31-17+. The van der Waals surface area contributed by atoms with E-state index < -0.39 is 22.5 Å². The molecule has 7 nitrogen and oxygen atoms in total. The molecule has 0 aliphatic heterocycles. The van der Waals surface area contributed by atoms with Crippen LogP contribution in [0.3, 0.4) is 0 Å². The third-order valence-corrected chi connectivity index (χ3v) is 8.46. The molecule has 4 rings (SSSR count). The van der Waals surface area contributed by atoms with Crippen LogP contribution in [-0.2, 0) is 14.8 Å². The molecule has 0 radical (unpaired) electrons. The lowest BCUT2D eigenvalue weighted by Gasteiger charge is -2.24. The van der Waals surface area contributed by atoms with E-state index in [0.29, 0.717) is 15.7 Å². The van der Waals surface area contributed by atoms with Gasteiger partial charge in [0.25, 0.3) is 15.9 Å². The van der Waals surface area contributed by atoms with Gasteiger partial charge in [-0.25, -0.2) is 13.8 Å². The van der Waals surface area contributed by atoms with Gasteiger partial charge in [0.05, 0.1) is 26.8 Å². The van der Waals surface area contributed by atoms with Crippen LogP contribution in [0, 0.1) is 20.8 Å². The molecule has 10 heteroatoms. The Hall–Kier alpha value is -3.59. The average molecular weight is 570 g/mol. The number of anilines is 1. The Kier molecular flexibility index (Phi) is 8.26. The van der Waals surface area contributed by atoms with Gasteiger partial charge in [-0.1, -0.05) is 53.5 Å². The van der Waals surface area contributed by atoms with Crippen molar-refractivity contribution < 1.29 is 13.2 Å². The Balaban J connectivity index is 1.55. The van der Waals surface area contributed by atoms with Gasteiger partial charge in [0, 0.05) is 22.6 Å². The van der Waals surface area contributed by atoms with Gasteiger partial charge in [-0.2, -0.15) is 5.10 Å². The number of carbonyl (C=O) groups is 1. The number of nitrogens with one attached hydrogen (secondary N) is 1. The first-order valence-electron chi connectivity index (χ1n) is 11.7. The Morgan fingerprint density at radius 3 is 2.37 bits per heavy atom. The summed E-state index contributed by atoms with van der Waals surface area (Å²) in [6, 6.07) is 22.3. The molecule has 0 aliphatic rings. The summed E-state index contributed by atoms with van der Waals surface area (Å²) in [4.78, 5) is 13.0. The van der Waals surface area contributed by atoms with Crippen molar-refractivity contribution in [3.8, 4) is 5.69 Å². The van der Waals surface area contributed by atoms with E-state index in [0.717, 1.165) is 32.5 Å². The highest BCUT2D eigenvalue weighted by Crippen LogP contribution is 2.27. The molecule has 0 bridgehead atoms. The van der Waals surface area contributed by atoms with Crippen LogP contribution < -0.4 is 9.73 Å². The van der Waals surface area contributed by atoms with Crippen LogP contribution in [0.2, 0.25) is 10.0 Å². The number of nitrogens with zero attached hydrogens (tertiary/aromatic N) is 3. The normalized spacial score (nSPS) is 11.6. The van der Waals surface area contributed by atoms with Gasteiger partial charge >= 0.3 is 0 Å². The van der Waals surface area contributed by atoms with Crippen LogP contribution in [0.15, 0.2) is 88.9 Å². The second-order valence-electron chi connectivity index (χ2n) is 8.72. The number of carbonyl (C=O) groups excluding carboxylic acids is 1. The maximum Gasteiger partial charge on any atom is 0.264 e. The molecule has 1 amide bonds. The molecule has 3 aromatic carbocycles. The lowest BCUT2D eigenvalue weighted by molar-refractivity contribution is -0.119. The van der Waals surface area contributed by atoms with Gasteiger partial charge in [0.2, 0.25) is 0 Å². The van der Waals surface area contributed by atoms with E-state index in [1.807, 2.05) is 43.5 Å². The van der Waals surface area contributed by atoms with E-state index in [2.05, 4.69) is 10.5 Å². The fourth-order valence-corrected chi connectivity index (χ4v) is 5.82. The number of amides is 1. The molecule has 0 aliphatic carbocycles. The van der Waals surface area contributed by atoms with Gasteiger partial charge in [-0.05, 0) is 74.9 Å². The number of aryl methyl sites for hydroxylation is 2. The predicted octanol–water partition coefficient (Wildman–Crippen LogP) is 6.05. The predicted molar refractivity (Wildman–Crippen MR) is 153 cm³/mol. The van der Waals surface area contributed by atoms with E-state index in [1.165, 1.54) is 18.3 Å². The summed E-state index contributed by atoms with van der Waals surface area (Å²) in [5.74, 6) is -0.583. The molecule has 1 N–H and O–H groups in total. The summed E-state index contributed by atoms with van der Waals surface area (Å²) >= 11 is 12.2. The second-order valence-corrected chi connectivity index (χ2v) is 11.4. The van der Waals surface area contributed by atoms with Crippen molar-refractivity contribution in [2.45, 2.75) is 25.7 Å². The molecule has 0 spiro atoms. The van der Waals surface area contributed by atoms with E-state index in [4.69, 9.17) is 23.2 Å². The number of aromatic nitrogens is 1. The first-order chi connectivity index (χ1) is 18.1. The maximum atomic E-state index is 13.4. The van der Waals surface area contributed by atoms with Gasteiger partial charge in [0.1, 0.15) is 6.54 Å². The molecule has 196 valence electrons. The highest BCUT2D eigenvalue weighted by atomic mass is 35.5. The summed E-state index contributed by atoms with van der Waals surface area (Å²) in [6.07, 6.45) is 1.52. The van der Waals surface area contributed by atoms with Crippen molar-refractivity contribution in [3.63, 3.8) is 0 Å². The van der Waals surface area contributed by atoms with Crippen molar-refractivity contribution in [2.75, 3.05) is 10.8 Å². The Morgan fingerprint density at radius 1 is 0.947 bits per heavy atom. The van der Waals surface area contributed by atoms with E-state index in [9.17, 15) is 13.2 Å². The monoisotopic (exact) mass is 568 g/mol. The molecular formula is C28H26Cl2N4O3S. The largest absolute Gasteiger partial charge is 0.318 e. The second kappa shape index (κ2) is 11.4. The number of hydrogen-bond acceptors (Lipinski definition) is 4. The highest BCUT2D eigenvalue weighted by molar-refractivity contribution is 7.92. The zero-order valence-corrected chi connectivity index (χ0v) is 23.3. The van der Waals surface area contributed by atoms with E-state index in [-0.39, 0.29) is 4.90 Å². The molecule has 1 aromatic heterocycles. The molecule has 0 unspecified atom stereocenters. The first kappa shape index (κ1) is 27.4. The molecule has 38 heavy (non-hydrogen) atoms. The smallest absolute Gasteiger partial charge is 0.264 e. The summed E-state index contributed by atoms with van der Waals surface area (Å²) in [5, 5.41) is 5.01. The number of hydrogen-bond donors (Lipinski definition) is 1. The number of halogens is 2. The SMILES string of the molecule is Cc1cccc(N(CC(=O)N/N=C/c2cc(C)n(-c3ccc(Cl)c(Cl)c3)c2C)S(=O)(=O)c2ccccc2)c1. The number of hydrazone groups is 1. The fraction of sp³-hybridized carbons (Fsp3) is 0.143. The van der Waals surface area contributed by atoms with E-state index >= 15 is 0 Å². The Bertz CT molecular complexity index is 1620. The van der Waals surface area contributed by atoms with Gasteiger partial charge in [-0.15, -0.1) is 0 Å². The lowest BCUT2D eigenvalue weighted by Crippen LogP contribution is -2.39. The highest BCUT2D eigenvalue weighted by Gasteiger charge is 2.27. The van der Waals surface area contributed by atoms with Gasteiger partial charge < -0.3 is 4.57 Å². The topological polar surface area (TPSA) is 83.8 Å². The van der Waals surface area contributed by atoms with Gasteiger partial charge in [0.15, 0.2) is 0 Å². The van der Waals surface area contributed by atoms with Crippen LogP contribution in [0.4, 0.5) is 5.69 Å². The maximum absolute atomic E-state index is 13.4. The minimum absolute atomic E-state index is 0.0903. The molecule has 0 atom stereocenters. The summed E-state index contributed by atoms with van der Waals surface area (Å²) in [6.45, 7) is 5.28. The van der Waals surface area contributed by atoms with Crippen molar-refractivity contribution in [3.05, 3.63) is 111 Å². The van der Waals surface area contributed by atoms with Crippen LogP contribution in [0.25, 0.3) is 5.69 Å². The van der Waals surface area contributed by atoms with Crippen molar-refractivity contribution in [1.82, 2.24) is 9.99 Å². The van der Waals surface area contributed by atoms with Crippen molar-refractivity contribution >= 4 is 51.0 Å². The molecule has 0 fully saturated rings. The van der Waals surface area contributed by atoms with Crippen molar-refractivity contribution in [1.29, 1.82) is 0 Å². The van der Waals surface area contributed by atoms with Crippen LogP contribution in [0.5, 0.6) is 0 Å². The van der Waals surface area contributed by atoms with Crippen LogP contribution >= 0.6 is 23.2 Å². The van der Waals surface area contributed by atoms with E-state index in [1.54, 1.807) is 48.5 Å². The third-order valence-electron chi connectivity index (χ3n) is 5.93. The Morgan fingerprint density at radius 2 is 1.68 bits per heavy atom. The van der Waals surface area contributed by atoms with Crippen LogP contribution in [0.1, 0.15) is 22.5 Å². The first-order valence-corrected chi connectivity index (χ1v) is 13.9. The van der Waals surface area contributed by atoms with Crippen molar-refractivity contribution in [2.24, 2.45) is 5.10 Å². The minimum atomic E-state index is -3.99. The lowest BCUT2D eigenvalue weighted by atomic mass is 10.2. The average Bonchev–Trinajstić information content (AvgIpc) is 3.17. The Labute approximate surface area is 232 Å². The molecule has 4 aromatic rings. The summed E-state index contributed by atoms with van der Waals surface area (Å²) in [5.41, 5.74) is 7.16. The molecule has 0 saturated heterocycles. The molecule has 0 saturated carbocycles. The zero-order valence-electron chi connectivity index (χ0n) is 21.0. The number of benzene rings is 3. The number of sulfonamides is 1. The zero-order chi connectivity index (χ0) is 27.4.